The summed E-state index contributed by atoms with van der Waals surface area (Å²) < 4.78 is 13.4. The van der Waals surface area contributed by atoms with E-state index in [0.717, 1.165) is 16.0 Å². The third kappa shape index (κ3) is 4.44. The molecule has 32 heavy (non-hydrogen) atoms. The molecular weight excluding hydrogens is 407 g/mol. The molecule has 0 bridgehead atoms. The fraction of sp³-hybridized carbons (Fsp3) is 0.192. The molecule has 3 aromatic carbocycles. The Kier molecular flexibility index (Phi) is 6.12. The van der Waals surface area contributed by atoms with Crippen molar-refractivity contribution in [2.45, 2.75) is 25.8 Å². The Morgan fingerprint density at radius 2 is 1.62 bits per heavy atom. The van der Waals surface area contributed by atoms with Gasteiger partial charge in [0.05, 0.1) is 12.1 Å². The number of anilines is 1. The van der Waals surface area contributed by atoms with Crippen LogP contribution in [0.1, 0.15) is 27.9 Å². The van der Waals surface area contributed by atoms with Gasteiger partial charge >= 0.3 is 0 Å². The van der Waals surface area contributed by atoms with Gasteiger partial charge in [-0.25, -0.2) is 9.29 Å². The number of rotatable bonds is 6. The van der Waals surface area contributed by atoms with Crippen molar-refractivity contribution in [3.05, 3.63) is 101 Å². The van der Waals surface area contributed by atoms with Crippen molar-refractivity contribution >= 4 is 23.4 Å². The van der Waals surface area contributed by atoms with Crippen LogP contribution in [-0.4, -0.2) is 35.2 Å². The minimum absolute atomic E-state index is 0.0889. The van der Waals surface area contributed by atoms with Gasteiger partial charge in [-0.1, -0.05) is 48.0 Å². The molecule has 5 nitrogen and oxygen atoms in total. The molecule has 0 radical (unpaired) electrons. The molecule has 1 heterocycles. The van der Waals surface area contributed by atoms with Crippen molar-refractivity contribution in [3.8, 4) is 0 Å². The number of hydrogen-bond acceptors (Lipinski definition) is 3. The number of carbonyl (C=O) groups excluding carboxylic acids is 3. The number of amides is 3. The standard InChI is InChI=1S/C26H23FN2O3/c1-18-7-13-22(14-8-18)29-24(30)17-23(26(29)32)28(16-15-19-5-3-2-4-6-19)25(31)20-9-11-21(27)12-10-20/h2-14,23H,15-17H2,1H3. The van der Waals surface area contributed by atoms with Crippen molar-refractivity contribution < 1.29 is 18.8 Å². The molecule has 0 spiro atoms. The molecular formula is C26H23FN2O3. The van der Waals surface area contributed by atoms with Crippen LogP contribution in [0.3, 0.4) is 0 Å². The number of benzene rings is 3. The lowest BCUT2D eigenvalue weighted by Crippen LogP contribution is -2.46. The Bertz CT molecular complexity index is 1130. The number of halogens is 1. The molecule has 4 rings (SSSR count). The largest absolute Gasteiger partial charge is 0.326 e. The molecule has 162 valence electrons. The quantitative estimate of drug-likeness (QED) is 0.552. The molecule has 3 amide bonds. The van der Waals surface area contributed by atoms with Crippen molar-refractivity contribution in [3.63, 3.8) is 0 Å². The Labute approximate surface area is 186 Å². The van der Waals surface area contributed by atoms with Gasteiger partial charge < -0.3 is 4.90 Å². The van der Waals surface area contributed by atoms with E-state index in [1.807, 2.05) is 49.4 Å². The second kappa shape index (κ2) is 9.14. The average molecular weight is 430 g/mol. The van der Waals surface area contributed by atoms with Crippen LogP contribution >= 0.6 is 0 Å². The van der Waals surface area contributed by atoms with Gasteiger partial charge in [-0.15, -0.1) is 0 Å². The third-order valence-electron chi connectivity index (χ3n) is 5.63. The van der Waals surface area contributed by atoms with Crippen LogP contribution < -0.4 is 4.90 Å². The van der Waals surface area contributed by atoms with Gasteiger partial charge in [0.1, 0.15) is 11.9 Å². The van der Waals surface area contributed by atoms with E-state index in [4.69, 9.17) is 0 Å². The molecule has 1 aliphatic heterocycles. The van der Waals surface area contributed by atoms with Crippen LogP contribution in [0.2, 0.25) is 0 Å². The maximum atomic E-state index is 13.4. The van der Waals surface area contributed by atoms with Gasteiger partial charge in [0.2, 0.25) is 5.91 Å². The van der Waals surface area contributed by atoms with Gasteiger partial charge in [0, 0.05) is 12.1 Å². The fourth-order valence-corrected chi connectivity index (χ4v) is 3.88. The lowest BCUT2D eigenvalue weighted by molar-refractivity contribution is -0.122. The van der Waals surface area contributed by atoms with Crippen molar-refractivity contribution in [1.29, 1.82) is 0 Å². The molecule has 1 unspecified atom stereocenters. The van der Waals surface area contributed by atoms with E-state index in [9.17, 15) is 18.8 Å². The Balaban J connectivity index is 1.63. The summed E-state index contributed by atoms with van der Waals surface area (Å²) in [6, 6.07) is 21.0. The highest BCUT2D eigenvalue weighted by atomic mass is 19.1. The molecule has 0 saturated carbocycles. The van der Waals surface area contributed by atoms with E-state index in [1.54, 1.807) is 12.1 Å². The van der Waals surface area contributed by atoms with Gasteiger partial charge in [-0.05, 0) is 55.3 Å². The van der Waals surface area contributed by atoms with Crippen LogP contribution in [0, 0.1) is 12.7 Å². The van der Waals surface area contributed by atoms with Crippen LogP contribution in [0.25, 0.3) is 0 Å². The predicted molar refractivity (Wildman–Crippen MR) is 120 cm³/mol. The number of nitrogens with zero attached hydrogens (tertiary/aromatic N) is 2. The highest BCUT2D eigenvalue weighted by Gasteiger charge is 2.44. The van der Waals surface area contributed by atoms with Gasteiger partial charge in [-0.3, -0.25) is 14.4 Å². The fourth-order valence-electron chi connectivity index (χ4n) is 3.88. The smallest absolute Gasteiger partial charge is 0.257 e. The Morgan fingerprint density at radius 3 is 2.28 bits per heavy atom. The molecule has 1 saturated heterocycles. The molecule has 1 atom stereocenters. The molecule has 1 fully saturated rings. The number of hydrogen-bond donors (Lipinski definition) is 0. The van der Waals surface area contributed by atoms with Crippen LogP contribution in [0.4, 0.5) is 10.1 Å². The predicted octanol–water partition coefficient (Wildman–Crippen LogP) is 4.15. The Hall–Kier alpha value is -3.80. The van der Waals surface area contributed by atoms with Crippen LogP contribution in [0.15, 0.2) is 78.9 Å². The van der Waals surface area contributed by atoms with Gasteiger partial charge in [0.15, 0.2) is 0 Å². The summed E-state index contributed by atoms with van der Waals surface area (Å²) in [5.74, 6) is -1.63. The van der Waals surface area contributed by atoms with E-state index >= 15 is 0 Å². The summed E-state index contributed by atoms with van der Waals surface area (Å²) in [5.41, 5.74) is 2.79. The molecule has 0 aliphatic carbocycles. The van der Waals surface area contributed by atoms with E-state index < -0.39 is 23.7 Å². The first kappa shape index (κ1) is 21.4. The first-order valence-corrected chi connectivity index (χ1v) is 10.5. The average Bonchev–Trinajstić information content (AvgIpc) is 3.09. The maximum absolute atomic E-state index is 13.4. The minimum atomic E-state index is -0.912. The monoisotopic (exact) mass is 430 g/mol. The van der Waals surface area contributed by atoms with E-state index in [0.29, 0.717) is 12.1 Å². The normalized spacial score (nSPS) is 15.8. The third-order valence-corrected chi connectivity index (χ3v) is 5.63. The van der Waals surface area contributed by atoms with Crippen LogP contribution in [-0.2, 0) is 16.0 Å². The molecule has 0 aromatic heterocycles. The number of aryl methyl sites for hydroxylation is 1. The van der Waals surface area contributed by atoms with E-state index in [1.165, 1.54) is 29.2 Å². The number of carbonyl (C=O) groups is 3. The molecule has 0 N–H and O–H groups in total. The lowest BCUT2D eigenvalue weighted by atomic mass is 10.1. The first-order valence-electron chi connectivity index (χ1n) is 10.5. The molecule has 6 heteroatoms. The SMILES string of the molecule is Cc1ccc(N2C(=O)CC(N(CCc3ccccc3)C(=O)c3ccc(F)cc3)C2=O)cc1. The summed E-state index contributed by atoms with van der Waals surface area (Å²) in [4.78, 5) is 42.0. The summed E-state index contributed by atoms with van der Waals surface area (Å²) in [6.45, 7) is 2.18. The van der Waals surface area contributed by atoms with Crippen molar-refractivity contribution in [1.82, 2.24) is 4.90 Å². The van der Waals surface area contributed by atoms with Crippen LogP contribution in [0.5, 0.6) is 0 Å². The highest BCUT2D eigenvalue weighted by molar-refractivity contribution is 6.23. The van der Waals surface area contributed by atoms with E-state index in [2.05, 4.69) is 0 Å². The first-order chi connectivity index (χ1) is 15.4. The zero-order valence-electron chi connectivity index (χ0n) is 17.7. The lowest BCUT2D eigenvalue weighted by Gasteiger charge is -2.28. The highest BCUT2D eigenvalue weighted by Crippen LogP contribution is 2.27. The summed E-state index contributed by atoms with van der Waals surface area (Å²) in [6.07, 6.45) is 0.435. The molecule has 3 aromatic rings. The zero-order chi connectivity index (χ0) is 22.7. The van der Waals surface area contributed by atoms with Crippen molar-refractivity contribution in [2.75, 3.05) is 11.4 Å². The Morgan fingerprint density at radius 1 is 0.969 bits per heavy atom. The molecule has 1 aliphatic rings. The van der Waals surface area contributed by atoms with Gasteiger partial charge in [-0.2, -0.15) is 0 Å². The zero-order valence-corrected chi connectivity index (χ0v) is 17.7. The maximum Gasteiger partial charge on any atom is 0.257 e. The van der Waals surface area contributed by atoms with Gasteiger partial charge in [0.25, 0.3) is 11.8 Å². The minimum Gasteiger partial charge on any atom is -0.326 e. The summed E-state index contributed by atoms with van der Waals surface area (Å²) in [5, 5.41) is 0. The van der Waals surface area contributed by atoms with Crippen molar-refractivity contribution in [2.24, 2.45) is 0 Å². The topological polar surface area (TPSA) is 57.7 Å². The van der Waals surface area contributed by atoms with E-state index in [-0.39, 0.29) is 24.4 Å². The second-order valence-corrected chi connectivity index (χ2v) is 7.86. The second-order valence-electron chi connectivity index (χ2n) is 7.86. The number of imide groups is 1. The summed E-state index contributed by atoms with van der Waals surface area (Å²) in [7, 11) is 0. The summed E-state index contributed by atoms with van der Waals surface area (Å²) >= 11 is 0.